The van der Waals surface area contributed by atoms with Gasteiger partial charge in [-0.1, -0.05) is 26.0 Å². The monoisotopic (exact) mass is 279 g/mol. The maximum absolute atomic E-state index is 14.1. The Morgan fingerprint density at radius 1 is 0.900 bits per heavy atom. The first kappa shape index (κ1) is 14.6. The lowest BCUT2D eigenvalue weighted by Crippen LogP contribution is -2.21. The largest absolute Gasteiger partial charge is 0.310 e. The fraction of sp³-hybridized carbons (Fsp3) is 0.250. The van der Waals surface area contributed by atoms with Gasteiger partial charge in [-0.25, -0.2) is 13.2 Å². The SMILES string of the molecule is CC(C)NCc1ccc(-c2ccc(F)cc2F)c(F)c1. The number of rotatable bonds is 4. The average molecular weight is 279 g/mol. The lowest BCUT2D eigenvalue weighted by molar-refractivity contribution is 0.578. The van der Waals surface area contributed by atoms with Gasteiger partial charge in [-0.15, -0.1) is 0 Å². The molecule has 0 fully saturated rings. The van der Waals surface area contributed by atoms with Crippen LogP contribution >= 0.6 is 0 Å². The molecule has 0 atom stereocenters. The van der Waals surface area contributed by atoms with Crippen molar-refractivity contribution < 1.29 is 13.2 Å². The Hall–Kier alpha value is -1.81. The molecule has 0 radical (unpaired) electrons. The molecule has 2 aromatic carbocycles. The van der Waals surface area contributed by atoms with Crippen LogP contribution in [-0.2, 0) is 6.54 Å². The molecule has 1 nitrogen and oxygen atoms in total. The highest BCUT2D eigenvalue weighted by molar-refractivity contribution is 5.65. The molecule has 2 aromatic rings. The van der Waals surface area contributed by atoms with Crippen LogP contribution in [0, 0.1) is 17.5 Å². The van der Waals surface area contributed by atoms with Crippen LogP contribution < -0.4 is 5.32 Å². The predicted octanol–water partition coefficient (Wildman–Crippen LogP) is 4.27. The molecule has 0 aliphatic heterocycles. The predicted molar refractivity (Wildman–Crippen MR) is 73.7 cm³/mol. The van der Waals surface area contributed by atoms with Gasteiger partial charge in [-0.2, -0.15) is 0 Å². The van der Waals surface area contributed by atoms with Gasteiger partial charge in [0, 0.05) is 29.8 Å². The van der Waals surface area contributed by atoms with E-state index in [9.17, 15) is 13.2 Å². The minimum absolute atomic E-state index is 0.0623. The van der Waals surface area contributed by atoms with Gasteiger partial charge in [0.25, 0.3) is 0 Å². The maximum Gasteiger partial charge on any atom is 0.134 e. The molecule has 20 heavy (non-hydrogen) atoms. The molecule has 0 aliphatic carbocycles. The summed E-state index contributed by atoms with van der Waals surface area (Å²) in [5, 5.41) is 3.18. The Morgan fingerprint density at radius 2 is 1.50 bits per heavy atom. The summed E-state index contributed by atoms with van der Waals surface area (Å²) >= 11 is 0. The van der Waals surface area contributed by atoms with E-state index >= 15 is 0 Å². The van der Waals surface area contributed by atoms with Gasteiger partial charge in [0.2, 0.25) is 0 Å². The van der Waals surface area contributed by atoms with E-state index in [1.807, 2.05) is 13.8 Å². The van der Waals surface area contributed by atoms with E-state index in [-0.39, 0.29) is 11.1 Å². The van der Waals surface area contributed by atoms with Gasteiger partial charge < -0.3 is 5.32 Å². The van der Waals surface area contributed by atoms with E-state index in [0.717, 1.165) is 17.7 Å². The van der Waals surface area contributed by atoms with Crippen LogP contribution in [-0.4, -0.2) is 6.04 Å². The Labute approximate surface area is 116 Å². The molecular formula is C16H16F3N. The quantitative estimate of drug-likeness (QED) is 0.881. The molecule has 106 valence electrons. The highest BCUT2D eigenvalue weighted by atomic mass is 19.1. The molecule has 0 bridgehead atoms. The van der Waals surface area contributed by atoms with Crippen molar-refractivity contribution in [3.05, 3.63) is 59.4 Å². The van der Waals surface area contributed by atoms with Crippen molar-refractivity contribution in [2.75, 3.05) is 0 Å². The van der Waals surface area contributed by atoms with E-state index in [4.69, 9.17) is 0 Å². The van der Waals surface area contributed by atoms with Crippen molar-refractivity contribution in [2.45, 2.75) is 26.4 Å². The summed E-state index contributed by atoms with van der Waals surface area (Å²) in [5.41, 5.74) is 0.977. The van der Waals surface area contributed by atoms with Crippen molar-refractivity contribution >= 4 is 0 Å². The van der Waals surface area contributed by atoms with Crippen LogP contribution in [0.2, 0.25) is 0 Å². The molecule has 0 aromatic heterocycles. The number of nitrogens with one attached hydrogen (secondary N) is 1. The van der Waals surface area contributed by atoms with Crippen LogP contribution in [0.4, 0.5) is 13.2 Å². The first-order valence-corrected chi connectivity index (χ1v) is 6.44. The molecule has 0 saturated carbocycles. The normalized spacial score (nSPS) is 11.1. The second-order valence-corrected chi connectivity index (χ2v) is 4.97. The van der Waals surface area contributed by atoms with Crippen LogP contribution in [0.5, 0.6) is 0 Å². The third kappa shape index (κ3) is 3.39. The van der Waals surface area contributed by atoms with E-state index < -0.39 is 17.5 Å². The minimum atomic E-state index is -0.767. The van der Waals surface area contributed by atoms with Gasteiger partial charge in [0.05, 0.1) is 0 Å². The standard InChI is InChI=1S/C16H16F3N/c1-10(2)20-9-11-3-5-13(15(18)7-11)14-6-4-12(17)8-16(14)19/h3-8,10,20H,9H2,1-2H3. The summed E-state index contributed by atoms with van der Waals surface area (Å²) in [6.07, 6.45) is 0. The van der Waals surface area contributed by atoms with E-state index in [0.29, 0.717) is 12.6 Å². The highest BCUT2D eigenvalue weighted by Gasteiger charge is 2.11. The first-order valence-electron chi connectivity index (χ1n) is 6.44. The average Bonchev–Trinajstić information content (AvgIpc) is 2.37. The second-order valence-electron chi connectivity index (χ2n) is 4.97. The Kier molecular flexibility index (Phi) is 4.45. The smallest absolute Gasteiger partial charge is 0.134 e. The summed E-state index contributed by atoms with van der Waals surface area (Å²) in [7, 11) is 0. The van der Waals surface area contributed by atoms with Crippen LogP contribution in [0.3, 0.4) is 0 Å². The van der Waals surface area contributed by atoms with E-state index in [2.05, 4.69) is 5.32 Å². The molecular weight excluding hydrogens is 263 g/mol. The molecule has 4 heteroatoms. The van der Waals surface area contributed by atoms with Crippen LogP contribution in [0.15, 0.2) is 36.4 Å². The van der Waals surface area contributed by atoms with E-state index in [1.165, 1.54) is 18.2 Å². The maximum atomic E-state index is 14.1. The molecule has 0 amide bonds. The number of hydrogen-bond donors (Lipinski definition) is 1. The van der Waals surface area contributed by atoms with Gasteiger partial charge >= 0.3 is 0 Å². The van der Waals surface area contributed by atoms with Crippen LogP contribution in [0.25, 0.3) is 11.1 Å². The highest BCUT2D eigenvalue weighted by Crippen LogP contribution is 2.26. The Bertz CT molecular complexity index is 609. The van der Waals surface area contributed by atoms with E-state index in [1.54, 1.807) is 6.07 Å². The van der Waals surface area contributed by atoms with Crippen molar-refractivity contribution in [3.8, 4) is 11.1 Å². The molecule has 0 saturated heterocycles. The summed E-state index contributed by atoms with van der Waals surface area (Å²) in [4.78, 5) is 0. The zero-order chi connectivity index (χ0) is 14.7. The molecule has 0 aliphatic rings. The third-order valence-electron chi connectivity index (χ3n) is 2.97. The molecule has 0 heterocycles. The summed E-state index contributed by atoms with van der Waals surface area (Å²) in [6, 6.07) is 8.03. The zero-order valence-electron chi connectivity index (χ0n) is 11.4. The fourth-order valence-corrected chi connectivity index (χ4v) is 1.92. The Morgan fingerprint density at radius 3 is 2.05 bits per heavy atom. The fourth-order valence-electron chi connectivity index (χ4n) is 1.92. The number of halogens is 3. The minimum Gasteiger partial charge on any atom is -0.310 e. The topological polar surface area (TPSA) is 12.0 Å². The summed E-state index contributed by atoms with van der Waals surface area (Å²) < 4.78 is 40.6. The molecule has 2 rings (SSSR count). The second kappa shape index (κ2) is 6.09. The third-order valence-corrected chi connectivity index (χ3v) is 2.97. The number of hydrogen-bond acceptors (Lipinski definition) is 1. The molecule has 0 unspecified atom stereocenters. The molecule has 0 spiro atoms. The molecule has 1 N–H and O–H groups in total. The lowest BCUT2D eigenvalue weighted by Gasteiger charge is -2.10. The van der Waals surface area contributed by atoms with Crippen molar-refractivity contribution in [3.63, 3.8) is 0 Å². The van der Waals surface area contributed by atoms with Gasteiger partial charge in [0.15, 0.2) is 0 Å². The van der Waals surface area contributed by atoms with Crippen molar-refractivity contribution in [1.29, 1.82) is 0 Å². The van der Waals surface area contributed by atoms with Gasteiger partial charge in [-0.05, 0) is 23.8 Å². The first-order chi connectivity index (χ1) is 9.47. The summed E-state index contributed by atoms with van der Waals surface area (Å²) in [5.74, 6) is -1.96. The van der Waals surface area contributed by atoms with Crippen molar-refractivity contribution in [2.24, 2.45) is 0 Å². The van der Waals surface area contributed by atoms with Gasteiger partial charge in [0.1, 0.15) is 17.5 Å². The van der Waals surface area contributed by atoms with Gasteiger partial charge in [-0.3, -0.25) is 0 Å². The summed E-state index contributed by atoms with van der Waals surface area (Å²) in [6.45, 7) is 4.54. The lowest BCUT2D eigenvalue weighted by atomic mass is 10.0. The zero-order valence-corrected chi connectivity index (χ0v) is 11.4. The Balaban J connectivity index is 2.29. The van der Waals surface area contributed by atoms with Crippen molar-refractivity contribution in [1.82, 2.24) is 5.32 Å². The number of benzene rings is 2. The van der Waals surface area contributed by atoms with Crippen LogP contribution in [0.1, 0.15) is 19.4 Å².